The summed E-state index contributed by atoms with van der Waals surface area (Å²) in [6, 6.07) is 7.21. The maximum Gasteiger partial charge on any atom is 0.387 e. The lowest BCUT2D eigenvalue weighted by Gasteiger charge is -2.21. The molecule has 0 radical (unpaired) electrons. The molecule has 2 atom stereocenters. The van der Waals surface area contributed by atoms with Crippen LogP contribution < -0.4 is 10.1 Å². The van der Waals surface area contributed by atoms with E-state index in [1.807, 2.05) is 17.9 Å². The van der Waals surface area contributed by atoms with Crippen molar-refractivity contribution in [3.05, 3.63) is 29.8 Å². The van der Waals surface area contributed by atoms with E-state index in [1.165, 1.54) is 6.07 Å². The number of hydrogen-bond acceptors (Lipinski definition) is 3. The zero-order chi connectivity index (χ0) is 15.7. The Morgan fingerprint density at radius 1 is 1.36 bits per heavy atom. The van der Waals surface area contributed by atoms with Crippen LogP contribution in [0.3, 0.4) is 0 Å². The van der Waals surface area contributed by atoms with E-state index >= 15 is 0 Å². The normalized spacial score (nSPS) is 23.2. The zero-order valence-electron chi connectivity index (χ0n) is 12.5. The molecule has 1 aliphatic heterocycles. The number of benzene rings is 1. The van der Waals surface area contributed by atoms with Crippen LogP contribution in [-0.4, -0.2) is 36.0 Å². The number of likely N-dealkylation sites (tertiary alicyclic amines) is 1. The molecule has 4 nitrogen and oxygen atoms in total. The third-order valence-corrected chi connectivity index (χ3v) is 4.22. The Kier molecular flexibility index (Phi) is 4.29. The molecule has 1 aromatic rings. The molecule has 120 valence electrons. The average Bonchev–Trinajstić information content (AvgIpc) is 3.23. The van der Waals surface area contributed by atoms with Crippen molar-refractivity contribution in [2.45, 2.75) is 50.9 Å². The standard InChI is InChI=1S/C16H20F2N2O2/c1-10(11-3-2-4-14(7-11)22-16(17)18)19-12-8-15(21)20(9-12)13-5-6-13/h2-4,7,10,12-13,16,19H,5-6,8-9H2,1H3/t10-,12+/m1/s1. The minimum Gasteiger partial charge on any atom is -0.435 e. The molecule has 1 N–H and O–H groups in total. The Morgan fingerprint density at radius 3 is 2.82 bits per heavy atom. The van der Waals surface area contributed by atoms with E-state index < -0.39 is 6.61 Å². The summed E-state index contributed by atoms with van der Waals surface area (Å²) in [5, 5.41) is 3.41. The lowest BCUT2D eigenvalue weighted by Crippen LogP contribution is -2.35. The number of alkyl halides is 2. The number of nitrogens with zero attached hydrogens (tertiary/aromatic N) is 1. The zero-order valence-corrected chi connectivity index (χ0v) is 12.5. The van der Waals surface area contributed by atoms with Crippen LogP contribution in [-0.2, 0) is 4.79 Å². The van der Waals surface area contributed by atoms with Gasteiger partial charge < -0.3 is 15.0 Å². The molecule has 2 fully saturated rings. The van der Waals surface area contributed by atoms with Crippen molar-refractivity contribution in [2.24, 2.45) is 0 Å². The topological polar surface area (TPSA) is 41.6 Å². The lowest BCUT2D eigenvalue weighted by atomic mass is 10.1. The Bertz CT molecular complexity index is 549. The quantitative estimate of drug-likeness (QED) is 0.878. The summed E-state index contributed by atoms with van der Waals surface area (Å²) in [4.78, 5) is 13.9. The van der Waals surface area contributed by atoms with Crippen molar-refractivity contribution < 1.29 is 18.3 Å². The number of carbonyl (C=O) groups is 1. The van der Waals surface area contributed by atoms with Crippen molar-refractivity contribution >= 4 is 5.91 Å². The number of halogens is 2. The minimum absolute atomic E-state index is 0.0295. The van der Waals surface area contributed by atoms with Gasteiger partial charge in [-0.2, -0.15) is 8.78 Å². The number of amides is 1. The van der Waals surface area contributed by atoms with Gasteiger partial charge >= 0.3 is 6.61 Å². The second kappa shape index (κ2) is 6.20. The molecular formula is C16H20F2N2O2. The highest BCUT2D eigenvalue weighted by molar-refractivity contribution is 5.80. The van der Waals surface area contributed by atoms with Gasteiger partial charge in [0.2, 0.25) is 5.91 Å². The van der Waals surface area contributed by atoms with E-state index in [1.54, 1.807) is 12.1 Å². The van der Waals surface area contributed by atoms with Crippen LogP contribution in [0.1, 0.15) is 37.8 Å². The van der Waals surface area contributed by atoms with Gasteiger partial charge in [-0.3, -0.25) is 4.79 Å². The van der Waals surface area contributed by atoms with Gasteiger partial charge in [0.1, 0.15) is 5.75 Å². The van der Waals surface area contributed by atoms with Gasteiger partial charge in [-0.05, 0) is 37.5 Å². The Morgan fingerprint density at radius 2 is 2.14 bits per heavy atom. The van der Waals surface area contributed by atoms with Crippen LogP contribution in [0.25, 0.3) is 0 Å². The summed E-state index contributed by atoms with van der Waals surface area (Å²) in [5.74, 6) is 0.366. The van der Waals surface area contributed by atoms with Crippen molar-refractivity contribution in [2.75, 3.05) is 6.54 Å². The summed E-state index contributed by atoms with van der Waals surface area (Å²) in [6.45, 7) is -0.120. The Hall–Kier alpha value is -1.69. The van der Waals surface area contributed by atoms with E-state index in [0.717, 1.165) is 24.9 Å². The van der Waals surface area contributed by atoms with Crippen molar-refractivity contribution in [1.29, 1.82) is 0 Å². The third-order valence-electron chi connectivity index (χ3n) is 4.22. The monoisotopic (exact) mass is 310 g/mol. The molecule has 0 unspecified atom stereocenters. The first-order valence-electron chi connectivity index (χ1n) is 7.63. The van der Waals surface area contributed by atoms with Gasteiger partial charge in [0.25, 0.3) is 0 Å². The van der Waals surface area contributed by atoms with E-state index in [4.69, 9.17) is 0 Å². The number of hydrogen-bond donors (Lipinski definition) is 1. The van der Waals surface area contributed by atoms with E-state index in [9.17, 15) is 13.6 Å². The molecule has 22 heavy (non-hydrogen) atoms. The highest BCUT2D eigenvalue weighted by atomic mass is 19.3. The lowest BCUT2D eigenvalue weighted by molar-refractivity contribution is -0.128. The molecule has 2 aliphatic rings. The van der Waals surface area contributed by atoms with Gasteiger partial charge in [0, 0.05) is 31.1 Å². The SMILES string of the molecule is C[C@@H](N[C@H]1CC(=O)N(C2CC2)C1)c1cccc(OC(F)F)c1. The first-order valence-corrected chi connectivity index (χ1v) is 7.63. The molecule has 1 heterocycles. The maximum absolute atomic E-state index is 12.3. The molecular weight excluding hydrogens is 290 g/mol. The van der Waals surface area contributed by atoms with Gasteiger partial charge in [-0.1, -0.05) is 12.1 Å². The van der Waals surface area contributed by atoms with Crippen LogP contribution in [0.5, 0.6) is 5.75 Å². The molecule has 6 heteroatoms. The molecule has 0 spiro atoms. The van der Waals surface area contributed by atoms with Crippen molar-refractivity contribution in [3.8, 4) is 5.75 Å². The first kappa shape index (κ1) is 15.2. The van der Waals surface area contributed by atoms with Crippen LogP contribution in [0, 0.1) is 0 Å². The fourth-order valence-corrected chi connectivity index (χ4v) is 2.99. The largest absolute Gasteiger partial charge is 0.435 e. The maximum atomic E-state index is 12.3. The summed E-state index contributed by atoms with van der Waals surface area (Å²) in [7, 11) is 0. The van der Waals surface area contributed by atoms with Gasteiger partial charge in [-0.25, -0.2) is 0 Å². The van der Waals surface area contributed by atoms with Gasteiger partial charge in [0.05, 0.1) is 0 Å². The van der Waals surface area contributed by atoms with Gasteiger partial charge in [0.15, 0.2) is 0 Å². The first-order chi connectivity index (χ1) is 10.5. The summed E-state index contributed by atoms with van der Waals surface area (Å²) < 4.78 is 29.0. The van der Waals surface area contributed by atoms with E-state index in [0.29, 0.717) is 12.5 Å². The van der Waals surface area contributed by atoms with Crippen LogP contribution in [0.4, 0.5) is 8.78 Å². The molecule has 1 saturated heterocycles. The second-order valence-electron chi connectivity index (χ2n) is 6.02. The number of carbonyl (C=O) groups excluding carboxylic acids is 1. The minimum atomic E-state index is -2.82. The summed E-state index contributed by atoms with van der Waals surface area (Å²) >= 11 is 0. The van der Waals surface area contributed by atoms with Gasteiger partial charge in [-0.15, -0.1) is 0 Å². The van der Waals surface area contributed by atoms with E-state index in [-0.39, 0.29) is 23.7 Å². The number of ether oxygens (including phenoxy) is 1. The fourth-order valence-electron chi connectivity index (χ4n) is 2.99. The summed E-state index contributed by atoms with van der Waals surface area (Å²) in [6.07, 6.45) is 2.73. The van der Waals surface area contributed by atoms with Crippen molar-refractivity contribution in [1.82, 2.24) is 10.2 Å². The van der Waals surface area contributed by atoms with Crippen LogP contribution >= 0.6 is 0 Å². The van der Waals surface area contributed by atoms with E-state index in [2.05, 4.69) is 10.1 Å². The number of rotatable bonds is 6. The Balaban J connectivity index is 1.59. The molecule has 1 aromatic carbocycles. The van der Waals surface area contributed by atoms with Crippen molar-refractivity contribution in [3.63, 3.8) is 0 Å². The van der Waals surface area contributed by atoms with Crippen LogP contribution in [0.15, 0.2) is 24.3 Å². The smallest absolute Gasteiger partial charge is 0.387 e. The molecule has 3 rings (SSSR count). The molecule has 0 bridgehead atoms. The third kappa shape index (κ3) is 3.55. The molecule has 0 aromatic heterocycles. The Labute approximate surface area is 128 Å². The molecule has 1 aliphatic carbocycles. The predicted molar refractivity (Wildman–Crippen MR) is 77.8 cm³/mol. The second-order valence-corrected chi connectivity index (χ2v) is 6.02. The summed E-state index contributed by atoms with van der Waals surface area (Å²) in [5.41, 5.74) is 0.871. The highest BCUT2D eigenvalue weighted by Gasteiger charge is 2.39. The molecule has 1 amide bonds. The highest BCUT2D eigenvalue weighted by Crippen LogP contribution is 2.31. The average molecular weight is 310 g/mol. The molecule has 1 saturated carbocycles. The predicted octanol–water partition coefficient (Wildman–Crippen LogP) is 2.70. The van der Waals surface area contributed by atoms with Crippen LogP contribution in [0.2, 0.25) is 0 Å². The fraction of sp³-hybridized carbons (Fsp3) is 0.562. The number of nitrogens with one attached hydrogen (secondary N) is 1.